The lowest BCUT2D eigenvalue weighted by atomic mass is 10.1. The van der Waals surface area contributed by atoms with Gasteiger partial charge in [0.25, 0.3) is 5.91 Å². The highest BCUT2D eigenvalue weighted by Crippen LogP contribution is 2.40. The van der Waals surface area contributed by atoms with Gasteiger partial charge in [-0.25, -0.2) is 4.79 Å². The molecule has 2 N–H and O–H groups in total. The maximum absolute atomic E-state index is 12.3. The van der Waals surface area contributed by atoms with Crippen molar-refractivity contribution in [2.75, 3.05) is 5.32 Å². The smallest absolute Gasteiger partial charge is 0.339 e. The minimum absolute atomic E-state index is 0.142. The van der Waals surface area contributed by atoms with Crippen LogP contribution in [0.3, 0.4) is 0 Å². The molecule has 24 heavy (non-hydrogen) atoms. The van der Waals surface area contributed by atoms with Crippen molar-refractivity contribution in [3.63, 3.8) is 0 Å². The molecular weight excluding hydrogens is 322 g/mol. The Labute approximate surface area is 143 Å². The van der Waals surface area contributed by atoms with Gasteiger partial charge >= 0.3 is 5.97 Å². The minimum atomic E-state index is -1.05. The summed E-state index contributed by atoms with van der Waals surface area (Å²) in [5.74, 6) is -1.37. The molecule has 1 amide bonds. The summed E-state index contributed by atoms with van der Waals surface area (Å²) in [7, 11) is 0. The third kappa shape index (κ3) is 3.07. The molecule has 0 aliphatic rings. The molecule has 1 aromatic heterocycles. The van der Waals surface area contributed by atoms with Crippen LogP contribution < -0.4 is 5.32 Å². The second-order valence-electron chi connectivity index (χ2n) is 5.25. The molecule has 0 bridgehead atoms. The van der Waals surface area contributed by atoms with E-state index in [4.69, 9.17) is 0 Å². The summed E-state index contributed by atoms with van der Waals surface area (Å²) in [6, 6.07) is 18.3. The number of thiophene rings is 1. The zero-order valence-electron chi connectivity index (χ0n) is 12.9. The van der Waals surface area contributed by atoms with Gasteiger partial charge in [-0.05, 0) is 30.2 Å². The number of carbonyl (C=O) groups excluding carboxylic acids is 1. The predicted molar refractivity (Wildman–Crippen MR) is 95.8 cm³/mol. The zero-order valence-corrected chi connectivity index (χ0v) is 13.8. The number of benzene rings is 2. The van der Waals surface area contributed by atoms with Gasteiger partial charge in [-0.3, -0.25) is 4.79 Å². The Balaban J connectivity index is 2.01. The van der Waals surface area contributed by atoms with E-state index in [0.29, 0.717) is 16.1 Å². The molecule has 0 radical (unpaired) electrons. The van der Waals surface area contributed by atoms with Gasteiger partial charge in [0, 0.05) is 10.4 Å². The van der Waals surface area contributed by atoms with Crippen LogP contribution in [0.1, 0.15) is 26.3 Å². The summed E-state index contributed by atoms with van der Waals surface area (Å²) < 4.78 is 0. The van der Waals surface area contributed by atoms with Crippen LogP contribution in [0.2, 0.25) is 0 Å². The SMILES string of the molecule is Cc1c(-c2ccccc2)sc(NC(=O)c2ccccc2)c1C(=O)O. The number of carboxylic acid groups (broad SMARTS) is 1. The van der Waals surface area contributed by atoms with Crippen LogP contribution in [0.25, 0.3) is 10.4 Å². The van der Waals surface area contributed by atoms with Gasteiger partial charge in [-0.2, -0.15) is 0 Å². The van der Waals surface area contributed by atoms with Crippen molar-refractivity contribution in [1.29, 1.82) is 0 Å². The number of carboxylic acids is 1. The average molecular weight is 337 g/mol. The van der Waals surface area contributed by atoms with E-state index < -0.39 is 5.97 Å². The highest BCUT2D eigenvalue weighted by molar-refractivity contribution is 7.20. The summed E-state index contributed by atoms with van der Waals surface area (Å²) in [6.07, 6.45) is 0. The lowest BCUT2D eigenvalue weighted by Crippen LogP contribution is -2.13. The predicted octanol–water partition coefficient (Wildman–Crippen LogP) is 4.67. The lowest BCUT2D eigenvalue weighted by molar-refractivity contribution is 0.0698. The lowest BCUT2D eigenvalue weighted by Gasteiger charge is -2.04. The summed E-state index contributed by atoms with van der Waals surface area (Å²) in [6.45, 7) is 1.76. The van der Waals surface area contributed by atoms with E-state index >= 15 is 0 Å². The van der Waals surface area contributed by atoms with E-state index in [9.17, 15) is 14.7 Å². The normalized spacial score (nSPS) is 10.4. The van der Waals surface area contributed by atoms with E-state index in [1.165, 1.54) is 11.3 Å². The number of amides is 1. The molecule has 0 fully saturated rings. The van der Waals surface area contributed by atoms with Crippen molar-refractivity contribution in [3.05, 3.63) is 77.4 Å². The molecule has 0 spiro atoms. The van der Waals surface area contributed by atoms with Crippen molar-refractivity contribution in [3.8, 4) is 10.4 Å². The minimum Gasteiger partial charge on any atom is -0.478 e. The number of nitrogens with one attached hydrogen (secondary N) is 1. The molecule has 4 nitrogen and oxygen atoms in total. The molecular formula is C19H15NO3S. The summed E-state index contributed by atoms with van der Waals surface area (Å²) in [5.41, 5.74) is 2.22. The van der Waals surface area contributed by atoms with Crippen LogP contribution in [0.5, 0.6) is 0 Å². The molecule has 2 aromatic carbocycles. The fourth-order valence-electron chi connectivity index (χ4n) is 2.49. The van der Waals surface area contributed by atoms with Gasteiger partial charge < -0.3 is 10.4 Å². The summed E-state index contributed by atoms with van der Waals surface area (Å²) >= 11 is 1.28. The van der Waals surface area contributed by atoms with Crippen molar-refractivity contribution in [1.82, 2.24) is 0 Å². The summed E-state index contributed by atoms with van der Waals surface area (Å²) in [4.78, 5) is 24.9. The molecule has 0 saturated carbocycles. The third-order valence-electron chi connectivity index (χ3n) is 3.66. The van der Waals surface area contributed by atoms with Gasteiger partial charge in [0.2, 0.25) is 0 Å². The average Bonchev–Trinajstić information content (AvgIpc) is 2.92. The van der Waals surface area contributed by atoms with Crippen molar-refractivity contribution in [2.24, 2.45) is 0 Å². The van der Waals surface area contributed by atoms with Gasteiger partial charge in [0.05, 0.1) is 5.56 Å². The van der Waals surface area contributed by atoms with Crippen LogP contribution in [0.15, 0.2) is 60.7 Å². The monoisotopic (exact) mass is 337 g/mol. The molecule has 3 rings (SSSR count). The number of hydrogen-bond acceptors (Lipinski definition) is 3. The van der Waals surface area contributed by atoms with E-state index in [0.717, 1.165) is 10.4 Å². The van der Waals surface area contributed by atoms with E-state index in [1.54, 1.807) is 31.2 Å². The molecule has 3 aromatic rings. The number of aromatic carboxylic acids is 1. The van der Waals surface area contributed by atoms with E-state index in [1.807, 2.05) is 36.4 Å². The Hall–Kier alpha value is -2.92. The van der Waals surface area contributed by atoms with Crippen LogP contribution in [0.4, 0.5) is 5.00 Å². The largest absolute Gasteiger partial charge is 0.478 e. The number of hydrogen-bond donors (Lipinski definition) is 2. The Morgan fingerprint density at radius 1 is 0.958 bits per heavy atom. The molecule has 0 saturated heterocycles. The Morgan fingerprint density at radius 3 is 2.12 bits per heavy atom. The molecule has 5 heteroatoms. The maximum atomic E-state index is 12.3. The van der Waals surface area contributed by atoms with Crippen molar-refractivity contribution < 1.29 is 14.7 Å². The number of carbonyl (C=O) groups is 2. The van der Waals surface area contributed by atoms with Crippen LogP contribution in [-0.4, -0.2) is 17.0 Å². The van der Waals surface area contributed by atoms with Crippen LogP contribution >= 0.6 is 11.3 Å². The Morgan fingerprint density at radius 2 is 1.54 bits per heavy atom. The molecule has 0 atom stereocenters. The Kier molecular flexibility index (Phi) is 4.44. The first kappa shape index (κ1) is 16.0. The zero-order chi connectivity index (χ0) is 17.1. The molecule has 1 heterocycles. The third-order valence-corrected chi connectivity index (χ3v) is 4.92. The molecule has 0 aliphatic heterocycles. The van der Waals surface area contributed by atoms with Gasteiger partial charge in [-0.1, -0.05) is 48.5 Å². The number of anilines is 1. The molecule has 120 valence electrons. The van der Waals surface area contributed by atoms with Crippen LogP contribution in [-0.2, 0) is 0 Å². The topological polar surface area (TPSA) is 66.4 Å². The van der Waals surface area contributed by atoms with Crippen LogP contribution in [0, 0.1) is 6.92 Å². The summed E-state index contributed by atoms with van der Waals surface area (Å²) in [5, 5.41) is 12.6. The van der Waals surface area contributed by atoms with Gasteiger partial charge in [0.1, 0.15) is 5.00 Å². The quantitative estimate of drug-likeness (QED) is 0.727. The van der Waals surface area contributed by atoms with Crippen molar-refractivity contribution >= 4 is 28.2 Å². The van der Waals surface area contributed by atoms with E-state index in [-0.39, 0.29) is 11.5 Å². The molecule has 0 aliphatic carbocycles. The second-order valence-corrected chi connectivity index (χ2v) is 6.27. The fraction of sp³-hybridized carbons (Fsp3) is 0.0526. The maximum Gasteiger partial charge on any atom is 0.339 e. The highest BCUT2D eigenvalue weighted by Gasteiger charge is 2.23. The van der Waals surface area contributed by atoms with Gasteiger partial charge in [0.15, 0.2) is 0 Å². The highest BCUT2D eigenvalue weighted by atomic mass is 32.1. The standard InChI is InChI=1S/C19H15NO3S/c1-12-15(19(22)23)18(20-17(21)14-10-6-3-7-11-14)24-16(12)13-8-4-2-5-9-13/h2-11H,1H3,(H,20,21)(H,22,23). The fourth-order valence-corrected chi connectivity index (χ4v) is 3.69. The second kappa shape index (κ2) is 6.68. The first-order valence-electron chi connectivity index (χ1n) is 7.36. The first-order chi connectivity index (χ1) is 11.6. The van der Waals surface area contributed by atoms with E-state index in [2.05, 4.69) is 5.32 Å². The van der Waals surface area contributed by atoms with Crippen molar-refractivity contribution in [2.45, 2.75) is 6.92 Å². The Bertz CT molecular complexity index is 886. The number of rotatable bonds is 4. The first-order valence-corrected chi connectivity index (χ1v) is 8.18. The van der Waals surface area contributed by atoms with Gasteiger partial charge in [-0.15, -0.1) is 11.3 Å². The molecule has 0 unspecified atom stereocenters.